The van der Waals surface area contributed by atoms with E-state index in [4.69, 9.17) is 5.11 Å². The molecule has 3 N–H and O–H groups in total. The fourth-order valence-electron chi connectivity index (χ4n) is 1.29. The van der Waals surface area contributed by atoms with Gasteiger partial charge in [-0.15, -0.1) is 11.8 Å². The summed E-state index contributed by atoms with van der Waals surface area (Å²) >= 11 is 1.21. The maximum absolute atomic E-state index is 13.4. The first-order chi connectivity index (χ1) is 7.56. The van der Waals surface area contributed by atoms with Crippen molar-refractivity contribution < 1.29 is 19.7 Å². The van der Waals surface area contributed by atoms with Gasteiger partial charge < -0.3 is 15.3 Å². The molecule has 0 amide bonds. The molecule has 0 radical (unpaired) electrons. The van der Waals surface area contributed by atoms with Gasteiger partial charge in [-0.05, 0) is 19.1 Å². The monoisotopic (exact) mass is 246 g/mol. The molecule has 16 heavy (non-hydrogen) atoms. The highest BCUT2D eigenvalue weighted by molar-refractivity contribution is 7.99. The fourth-order valence-corrected chi connectivity index (χ4v) is 2.36. The highest BCUT2D eigenvalue weighted by Crippen LogP contribution is 2.29. The van der Waals surface area contributed by atoms with Gasteiger partial charge >= 0.3 is 0 Å². The molecule has 1 aromatic rings. The molecule has 0 spiro atoms. The molecule has 0 aromatic heterocycles. The minimum Gasteiger partial charge on any atom is -0.394 e. The Kier molecular flexibility index (Phi) is 5.21. The molecular weight excluding hydrogens is 231 g/mol. The largest absolute Gasteiger partial charge is 0.394 e. The van der Waals surface area contributed by atoms with Crippen LogP contribution in [0.15, 0.2) is 23.1 Å². The van der Waals surface area contributed by atoms with E-state index in [1.165, 1.54) is 24.8 Å². The number of halogens is 1. The standard InChI is InChI=1S/C11H15FO3S/c1-7(14)11-9(12)3-2-4-10(11)16-6-8(15)5-13/h2-4,7-8,13-15H,5-6H2,1H3. The van der Waals surface area contributed by atoms with Crippen LogP contribution in [0, 0.1) is 5.82 Å². The summed E-state index contributed by atoms with van der Waals surface area (Å²) in [7, 11) is 0. The van der Waals surface area contributed by atoms with Crippen LogP contribution >= 0.6 is 11.8 Å². The number of thioether (sulfide) groups is 1. The molecule has 1 rings (SSSR count). The quantitative estimate of drug-likeness (QED) is 0.686. The van der Waals surface area contributed by atoms with Crippen LogP contribution in [-0.4, -0.2) is 33.8 Å². The lowest BCUT2D eigenvalue weighted by Gasteiger charge is -2.13. The summed E-state index contributed by atoms with van der Waals surface area (Å²) in [6.45, 7) is 1.16. The maximum atomic E-state index is 13.4. The van der Waals surface area contributed by atoms with Crippen molar-refractivity contribution in [3.8, 4) is 0 Å². The zero-order chi connectivity index (χ0) is 12.1. The van der Waals surface area contributed by atoms with Gasteiger partial charge in [0, 0.05) is 16.2 Å². The predicted octanol–water partition coefficient (Wildman–Crippen LogP) is 1.32. The first kappa shape index (κ1) is 13.4. The number of aliphatic hydroxyl groups is 3. The van der Waals surface area contributed by atoms with Gasteiger partial charge in [-0.25, -0.2) is 4.39 Å². The molecule has 0 bridgehead atoms. The van der Waals surface area contributed by atoms with Crippen molar-refractivity contribution >= 4 is 11.8 Å². The lowest BCUT2D eigenvalue weighted by atomic mass is 10.1. The molecule has 0 saturated heterocycles. The second-order valence-electron chi connectivity index (χ2n) is 3.48. The van der Waals surface area contributed by atoms with E-state index in [0.29, 0.717) is 4.90 Å². The van der Waals surface area contributed by atoms with Crippen LogP contribution in [0.4, 0.5) is 4.39 Å². The topological polar surface area (TPSA) is 60.7 Å². The molecule has 0 aliphatic rings. The van der Waals surface area contributed by atoms with E-state index >= 15 is 0 Å². The molecule has 2 atom stereocenters. The van der Waals surface area contributed by atoms with Crippen LogP contribution in [0.3, 0.4) is 0 Å². The lowest BCUT2D eigenvalue weighted by molar-refractivity contribution is 0.113. The summed E-state index contributed by atoms with van der Waals surface area (Å²) < 4.78 is 13.4. The van der Waals surface area contributed by atoms with E-state index in [2.05, 4.69) is 0 Å². The first-order valence-electron chi connectivity index (χ1n) is 4.94. The van der Waals surface area contributed by atoms with Gasteiger partial charge in [0.15, 0.2) is 0 Å². The maximum Gasteiger partial charge on any atom is 0.130 e. The molecule has 0 fully saturated rings. The third-order valence-electron chi connectivity index (χ3n) is 2.07. The van der Waals surface area contributed by atoms with E-state index in [0.717, 1.165) is 0 Å². The Morgan fingerprint density at radius 2 is 2.06 bits per heavy atom. The van der Waals surface area contributed by atoms with E-state index in [1.807, 2.05) is 0 Å². The van der Waals surface area contributed by atoms with Crippen LogP contribution < -0.4 is 0 Å². The average molecular weight is 246 g/mol. The fraction of sp³-hybridized carbons (Fsp3) is 0.455. The van der Waals surface area contributed by atoms with E-state index in [1.54, 1.807) is 12.1 Å². The Bertz CT molecular complexity index is 344. The Balaban J connectivity index is 2.83. The van der Waals surface area contributed by atoms with Gasteiger partial charge in [0.05, 0.1) is 18.8 Å². The third kappa shape index (κ3) is 3.45. The van der Waals surface area contributed by atoms with Gasteiger partial charge in [-0.3, -0.25) is 0 Å². The smallest absolute Gasteiger partial charge is 0.130 e. The van der Waals surface area contributed by atoms with Crippen LogP contribution in [0.5, 0.6) is 0 Å². The lowest BCUT2D eigenvalue weighted by Crippen LogP contribution is -2.14. The first-order valence-corrected chi connectivity index (χ1v) is 5.93. The average Bonchev–Trinajstić information content (AvgIpc) is 2.25. The van der Waals surface area contributed by atoms with Gasteiger partial charge in [0.25, 0.3) is 0 Å². The SMILES string of the molecule is CC(O)c1c(F)cccc1SCC(O)CO. The Labute approximate surface area is 97.9 Å². The van der Waals surface area contributed by atoms with Crippen molar-refractivity contribution in [2.45, 2.75) is 24.0 Å². The van der Waals surface area contributed by atoms with E-state index < -0.39 is 18.0 Å². The number of aliphatic hydroxyl groups excluding tert-OH is 3. The third-order valence-corrected chi connectivity index (χ3v) is 3.29. The molecule has 3 nitrogen and oxygen atoms in total. The minimum absolute atomic E-state index is 0.234. The molecule has 5 heteroatoms. The summed E-state index contributed by atoms with van der Waals surface area (Å²) in [5.74, 6) is -0.196. The van der Waals surface area contributed by atoms with Gasteiger partial charge in [-0.1, -0.05) is 6.07 Å². The van der Waals surface area contributed by atoms with Crippen molar-refractivity contribution in [3.63, 3.8) is 0 Å². The molecule has 2 unspecified atom stereocenters. The summed E-state index contributed by atoms with van der Waals surface area (Å²) in [4.78, 5) is 0.586. The molecule has 90 valence electrons. The summed E-state index contributed by atoms with van der Waals surface area (Å²) in [5.41, 5.74) is 0.234. The molecule has 0 aliphatic carbocycles. The minimum atomic E-state index is -0.894. The van der Waals surface area contributed by atoms with Crippen LogP contribution in [-0.2, 0) is 0 Å². The van der Waals surface area contributed by atoms with E-state index in [-0.39, 0.29) is 17.9 Å². The normalized spacial score (nSPS) is 14.8. The van der Waals surface area contributed by atoms with Crippen molar-refractivity contribution in [2.24, 2.45) is 0 Å². The summed E-state index contributed by atoms with van der Waals surface area (Å²) in [6, 6.07) is 4.52. The van der Waals surface area contributed by atoms with Gasteiger partial charge in [0.2, 0.25) is 0 Å². The Hall–Kier alpha value is -0.620. The van der Waals surface area contributed by atoms with Gasteiger partial charge in [-0.2, -0.15) is 0 Å². The van der Waals surface area contributed by atoms with Crippen molar-refractivity contribution in [1.29, 1.82) is 0 Å². The Morgan fingerprint density at radius 3 is 2.62 bits per heavy atom. The number of rotatable bonds is 5. The van der Waals surface area contributed by atoms with Crippen molar-refractivity contribution in [1.82, 2.24) is 0 Å². The molecule has 0 aliphatic heterocycles. The molecule has 0 saturated carbocycles. The Morgan fingerprint density at radius 1 is 1.38 bits per heavy atom. The second-order valence-corrected chi connectivity index (χ2v) is 4.54. The highest BCUT2D eigenvalue weighted by atomic mass is 32.2. The van der Waals surface area contributed by atoms with Crippen LogP contribution in [0.2, 0.25) is 0 Å². The number of hydrogen-bond donors (Lipinski definition) is 3. The molecular formula is C11H15FO3S. The van der Waals surface area contributed by atoms with Crippen LogP contribution in [0.25, 0.3) is 0 Å². The zero-order valence-corrected chi connectivity index (χ0v) is 9.75. The summed E-state index contributed by atoms with van der Waals surface area (Å²) in [6.07, 6.45) is -1.73. The second kappa shape index (κ2) is 6.20. The van der Waals surface area contributed by atoms with Gasteiger partial charge in [0.1, 0.15) is 5.82 Å². The summed E-state index contributed by atoms with van der Waals surface area (Å²) in [5, 5.41) is 27.3. The van der Waals surface area contributed by atoms with Crippen molar-refractivity contribution in [3.05, 3.63) is 29.6 Å². The van der Waals surface area contributed by atoms with Crippen LogP contribution in [0.1, 0.15) is 18.6 Å². The van der Waals surface area contributed by atoms with Crippen molar-refractivity contribution in [2.75, 3.05) is 12.4 Å². The molecule has 1 aromatic carbocycles. The molecule has 0 heterocycles. The van der Waals surface area contributed by atoms with E-state index in [9.17, 15) is 14.6 Å². The highest BCUT2D eigenvalue weighted by Gasteiger charge is 2.14. The predicted molar refractivity (Wildman–Crippen MR) is 60.9 cm³/mol. The number of benzene rings is 1. The zero-order valence-electron chi connectivity index (χ0n) is 8.93. The number of hydrogen-bond acceptors (Lipinski definition) is 4.